The molecule has 1 heterocycles. The van der Waals surface area contributed by atoms with Gasteiger partial charge in [0, 0.05) is 6.92 Å². The van der Waals surface area contributed by atoms with Crippen LogP contribution < -0.4 is 0 Å². The van der Waals surface area contributed by atoms with Crippen LogP contribution >= 0.6 is 21.2 Å². The number of hydrogen-bond donors (Lipinski definition) is 1. The summed E-state index contributed by atoms with van der Waals surface area (Å²) in [6.45, 7) is 1.47. The minimum Gasteiger partial charge on any atom is -0.160 e. The van der Waals surface area contributed by atoms with Gasteiger partial charge >= 0.3 is 11.2 Å². The van der Waals surface area contributed by atoms with Crippen molar-refractivity contribution in [3.05, 3.63) is 10.0 Å². The van der Waals surface area contributed by atoms with Gasteiger partial charge in [-0.3, -0.25) is 0 Å². The lowest BCUT2D eigenvalue weighted by atomic mass is 10.7. The molecule has 7 heteroatoms. The number of hydrogen-bond acceptors (Lipinski definition) is 3. The first-order valence-electron chi connectivity index (χ1n) is 2.55. The SMILES string of the molecule is Cc1nnc(C(F)(F)F)[s+]1S. The third-order valence-electron chi connectivity index (χ3n) is 0.987. The molecule has 0 spiro atoms. The summed E-state index contributed by atoms with van der Waals surface area (Å²) in [5.74, 6) is 0. The number of aromatic nitrogens is 2. The fourth-order valence-corrected chi connectivity index (χ4v) is 1.76. The van der Waals surface area contributed by atoms with Crippen molar-refractivity contribution in [1.82, 2.24) is 10.2 Å². The van der Waals surface area contributed by atoms with Crippen LogP contribution in [0.25, 0.3) is 0 Å². The first-order valence-corrected chi connectivity index (χ1v) is 4.83. The van der Waals surface area contributed by atoms with Crippen molar-refractivity contribution < 1.29 is 13.2 Å². The molecule has 11 heavy (non-hydrogen) atoms. The van der Waals surface area contributed by atoms with Crippen molar-refractivity contribution in [3.8, 4) is 0 Å². The largest absolute Gasteiger partial charge is 0.488 e. The number of aryl methyl sites for hydroxylation is 1. The molecule has 1 atom stereocenters. The van der Waals surface area contributed by atoms with E-state index in [1.165, 1.54) is 6.92 Å². The molecule has 0 aliphatic carbocycles. The Labute approximate surface area is 68.2 Å². The first-order chi connectivity index (χ1) is 4.93. The quantitative estimate of drug-likeness (QED) is 0.396. The van der Waals surface area contributed by atoms with Crippen molar-refractivity contribution in [3.63, 3.8) is 0 Å². The Balaban J connectivity index is 3.15. The molecule has 0 saturated heterocycles. The second-order valence-electron chi connectivity index (χ2n) is 1.81. The van der Waals surface area contributed by atoms with Crippen LogP contribution in [0.4, 0.5) is 13.2 Å². The predicted molar refractivity (Wildman–Crippen MR) is 38.6 cm³/mol. The second kappa shape index (κ2) is 2.63. The molecule has 0 radical (unpaired) electrons. The van der Waals surface area contributed by atoms with E-state index < -0.39 is 20.7 Å². The monoisotopic (exact) mass is 201 g/mol. The van der Waals surface area contributed by atoms with Gasteiger partial charge in [-0.25, -0.2) is 0 Å². The normalized spacial score (nSPS) is 13.7. The summed E-state index contributed by atoms with van der Waals surface area (Å²) in [6.07, 6.45) is -4.40. The fourth-order valence-electron chi connectivity index (χ4n) is 0.499. The second-order valence-corrected chi connectivity index (χ2v) is 4.45. The van der Waals surface area contributed by atoms with Gasteiger partial charge in [-0.2, -0.15) is 13.2 Å². The van der Waals surface area contributed by atoms with E-state index in [0.717, 1.165) is 0 Å². The van der Waals surface area contributed by atoms with Crippen molar-refractivity contribution in [1.29, 1.82) is 0 Å². The van der Waals surface area contributed by atoms with Crippen LogP contribution in [-0.4, -0.2) is 10.2 Å². The van der Waals surface area contributed by atoms with Gasteiger partial charge in [-0.05, 0) is 0 Å². The lowest BCUT2D eigenvalue weighted by Crippen LogP contribution is -2.04. The van der Waals surface area contributed by atoms with E-state index in [1.54, 1.807) is 0 Å². The minimum atomic E-state index is -4.40. The third-order valence-corrected chi connectivity index (χ3v) is 3.62. The van der Waals surface area contributed by atoms with Gasteiger partial charge in [0.15, 0.2) is 0 Å². The van der Waals surface area contributed by atoms with E-state index in [0.29, 0.717) is 5.01 Å². The van der Waals surface area contributed by atoms with E-state index >= 15 is 0 Å². The van der Waals surface area contributed by atoms with E-state index in [1.807, 2.05) is 0 Å². The number of alkyl halides is 3. The molecule has 0 aliphatic rings. The highest BCUT2D eigenvalue weighted by Gasteiger charge is 2.45. The van der Waals surface area contributed by atoms with Crippen LogP contribution in [0.5, 0.6) is 0 Å². The molecule has 0 fully saturated rings. The minimum absolute atomic E-state index is 0.306. The molecule has 62 valence electrons. The van der Waals surface area contributed by atoms with Gasteiger partial charge in [0.1, 0.15) is 21.2 Å². The van der Waals surface area contributed by atoms with Crippen molar-refractivity contribution >= 4 is 21.2 Å². The van der Waals surface area contributed by atoms with Crippen molar-refractivity contribution in [2.24, 2.45) is 0 Å². The molecule has 1 aromatic rings. The van der Waals surface area contributed by atoms with Crippen molar-refractivity contribution in [2.75, 3.05) is 0 Å². The van der Waals surface area contributed by atoms with Gasteiger partial charge in [0.2, 0.25) is 0 Å². The van der Waals surface area contributed by atoms with Gasteiger partial charge in [-0.15, -0.1) is 0 Å². The van der Waals surface area contributed by atoms with Gasteiger partial charge < -0.3 is 0 Å². The number of halogens is 3. The Hall–Kier alpha value is -0.300. The zero-order valence-electron chi connectivity index (χ0n) is 5.38. The summed E-state index contributed by atoms with van der Waals surface area (Å²) in [5.41, 5.74) is 0. The molecule has 0 aliphatic heterocycles. The third kappa shape index (κ3) is 1.64. The lowest BCUT2D eigenvalue weighted by molar-refractivity contribution is -0.138. The summed E-state index contributed by atoms with van der Waals surface area (Å²) in [6, 6.07) is 0. The van der Waals surface area contributed by atoms with Crippen LogP contribution in [0, 0.1) is 6.92 Å². The molecule has 0 bridgehead atoms. The topological polar surface area (TPSA) is 25.8 Å². The van der Waals surface area contributed by atoms with Crippen LogP contribution in [0.2, 0.25) is 0 Å². The highest BCUT2D eigenvalue weighted by molar-refractivity contribution is 8.33. The van der Waals surface area contributed by atoms with Gasteiger partial charge in [0.05, 0.1) is 0 Å². The summed E-state index contributed by atoms with van der Waals surface area (Å²) in [5, 5.41) is 5.67. The smallest absolute Gasteiger partial charge is 0.160 e. The molecule has 1 unspecified atom stereocenters. The molecule has 0 N–H and O–H groups in total. The summed E-state index contributed by atoms with van der Waals surface area (Å²) < 4.78 is 35.8. The fraction of sp³-hybridized carbons (Fsp3) is 0.500. The van der Waals surface area contributed by atoms with Crippen LogP contribution in [0.15, 0.2) is 0 Å². The van der Waals surface area contributed by atoms with E-state index in [9.17, 15) is 13.2 Å². The zero-order valence-corrected chi connectivity index (χ0v) is 7.09. The van der Waals surface area contributed by atoms with E-state index in [4.69, 9.17) is 0 Å². The molecular weight excluding hydrogens is 197 g/mol. The zero-order chi connectivity index (χ0) is 8.65. The van der Waals surface area contributed by atoms with Crippen LogP contribution in [-0.2, 0) is 6.18 Å². The van der Waals surface area contributed by atoms with E-state index in [-0.39, 0.29) is 0 Å². The standard InChI is InChI=1S/C4H4F3N2S2/c1-2-8-9-3(11(2)10)4(5,6)7/h10H,1H3/q+1. The Morgan fingerprint density at radius 1 is 1.36 bits per heavy atom. The Morgan fingerprint density at radius 3 is 2.09 bits per heavy atom. The highest BCUT2D eigenvalue weighted by atomic mass is 33.1. The maximum absolute atomic E-state index is 11.9. The number of thiol groups is 1. The maximum Gasteiger partial charge on any atom is 0.488 e. The molecule has 1 aromatic heterocycles. The first kappa shape index (κ1) is 8.79. The predicted octanol–water partition coefficient (Wildman–Crippen LogP) is 2.25. The molecule has 1 rings (SSSR count). The van der Waals surface area contributed by atoms with Crippen LogP contribution in [0.1, 0.15) is 10.0 Å². The summed E-state index contributed by atoms with van der Waals surface area (Å²) >= 11 is 3.72. The average molecular weight is 201 g/mol. The Morgan fingerprint density at radius 2 is 1.91 bits per heavy atom. The highest BCUT2D eigenvalue weighted by Crippen LogP contribution is 2.40. The average Bonchev–Trinajstić information content (AvgIpc) is 2.11. The number of nitrogens with zero attached hydrogens (tertiary/aromatic N) is 2. The summed E-state index contributed by atoms with van der Waals surface area (Å²) in [7, 11) is -1.26. The maximum atomic E-state index is 11.9. The lowest BCUT2D eigenvalue weighted by Gasteiger charge is -1.93. The Kier molecular flexibility index (Phi) is 2.10. The van der Waals surface area contributed by atoms with Crippen LogP contribution in [0.3, 0.4) is 0 Å². The summed E-state index contributed by atoms with van der Waals surface area (Å²) in [4.78, 5) is 0. The molecule has 0 saturated carbocycles. The molecule has 0 amide bonds. The molecular formula is C4H4F3N2S2+. The molecule has 2 nitrogen and oxygen atoms in total. The number of rotatable bonds is 0. The van der Waals surface area contributed by atoms with Gasteiger partial charge in [0.25, 0.3) is 5.01 Å². The Bertz CT molecular complexity index is 267. The van der Waals surface area contributed by atoms with Crippen molar-refractivity contribution in [2.45, 2.75) is 13.1 Å². The van der Waals surface area contributed by atoms with E-state index in [2.05, 4.69) is 21.9 Å². The molecule has 0 aromatic carbocycles. The van der Waals surface area contributed by atoms with Gasteiger partial charge in [-0.1, -0.05) is 10.2 Å².